The molecular formula is C23H24N2O2. The lowest BCUT2D eigenvalue weighted by molar-refractivity contribution is -0.120. The monoisotopic (exact) mass is 360 g/mol. The van der Waals surface area contributed by atoms with Crippen LogP contribution in [0.5, 0.6) is 0 Å². The Morgan fingerprint density at radius 2 is 1.41 bits per heavy atom. The summed E-state index contributed by atoms with van der Waals surface area (Å²) < 4.78 is 0. The molecule has 2 aliphatic heterocycles. The number of likely N-dealkylation sites (tertiary alicyclic amines) is 1. The van der Waals surface area contributed by atoms with Gasteiger partial charge in [-0.25, -0.2) is 4.90 Å². The van der Waals surface area contributed by atoms with Gasteiger partial charge in [-0.05, 0) is 56.4 Å². The van der Waals surface area contributed by atoms with Crippen LogP contribution in [0.25, 0.3) is 5.57 Å². The zero-order valence-corrected chi connectivity index (χ0v) is 16.1. The van der Waals surface area contributed by atoms with Crippen molar-refractivity contribution in [3.63, 3.8) is 0 Å². The Kier molecular flexibility index (Phi) is 4.34. The van der Waals surface area contributed by atoms with Crippen LogP contribution in [0, 0.1) is 20.8 Å². The van der Waals surface area contributed by atoms with Crippen LogP contribution in [0.4, 0.5) is 5.69 Å². The summed E-state index contributed by atoms with van der Waals surface area (Å²) in [6.45, 7) is 7.58. The van der Waals surface area contributed by atoms with Gasteiger partial charge in [0.1, 0.15) is 5.70 Å². The van der Waals surface area contributed by atoms with Crippen molar-refractivity contribution in [3.05, 3.63) is 70.4 Å². The maximum atomic E-state index is 13.5. The molecule has 138 valence electrons. The fourth-order valence-electron chi connectivity index (χ4n) is 3.91. The van der Waals surface area contributed by atoms with Crippen molar-refractivity contribution in [2.45, 2.75) is 33.6 Å². The first kappa shape index (κ1) is 17.5. The Morgan fingerprint density at radius 1 is 0.778 bits per heavy atom. The first-order valence-electron chi connectivity index (χ1n) is 9.49. The summed E-state index contributed by atoms with van der Waals surface area (Å²) in [6.07, 6.45) is 2.10. The third-order valence-electron chi connectivity index (χ3n) is 5.43. The molecule has 1 fully saturated rings. The fraction of sp³-hybridized carbons (Fsp3) is 0.304. The second-order valence-corrected chi connectivity index (χ2v) is 7.52. The predicted octanol–water partition coefficient (Wildman–Crippen LogP) is 3.99. The molecule has 0 spiro atoms. The summed E-state index contributed by atoms with van der Waals surface area (Å²) in [5.74, 6) is -0.425. The SMILES string of the molecule is Cc1ccc(C2=C(N3CCCC3)C(=O)N(c3cc(C)ccc3C)C2=O)cc1. The van der Waals surface area contributed by atoms with E-state index in [4.69, 9.17) is 0 Å². The summed E-state index contributed by atoms with van der Waals surface area (Å²) in [4.78, 5) is 30.3. The molecule has 0 aromatic heterocycles. The van der Waals surface area contributed by atoms with Gasteiger partial charge in [-0.2, -0.15) is 0 Å². The number of imide groups is 1. The largest absolute Gasteiger partial charge is 0.366 e. The van der Waals surface area contributed by atoms with Crippen molar-refractivity contribution in [3.8, 4) is 0 Å². The van der Waals surface area contributed by atoms with Crippen molar-refractivity contribution < 1.29 is 9.59 Å². The molecule has 0 bridgehead atoms. The van der Waals surface area contributed by atoms with Crippen molar-refractivity contribution in [2.75, 3.05) is 18.0 Å². The minimum atomic E-state index is -0.223. The second-order valence-electron chi connectivity index (χ2n) is 7.52. The molecule has 1 saturated heterocycles. The summed E-state index contributed by atoms with van der Waals surface area (Å²) >= 11 is 0. The molecular weight excluding hydrogens is 336 g/mol. The molecule has 2 aliphatic rings. The molecule has 0 atom stereocenters. The van der Waals surface area contributed by atoms with Crippen LogP contribution >= 0.6 is 0 Å². The molecule has 0 unspecified atom stereocenters. The first-order valence-corrected chi connectivity index (χ1v) is 9.49. The van der Waals surface area contributed by atoms with Gasteiger partial charge in [-0.15, -0.1) is 0 Å². The number of aryl methyl sites for hydroxylation is 3. The molecule has 4 heteroatoms. The minimum absolute atomic E-state index is 0.203. The highest BCUT2D eigenvalue weighted by molar-refractivity contribution is 6.45. The third-order valence-corrected chi connectivity index (χ3v) is 5.43. The van der Waals surface area contributed by atoms with Crippen molar-refractivity contribution >= 4 is 23.1 Å². The smallest absolute Gasteiger partial charge is 0.282 e. The number of nitrogens with zero attached hydrogens (tertiary/aromatic N) is 2. The number of anilines is 1. The molecule has 4 rings (SSSR count). The van der Waals surface area contributed by atoms with Crippen LogP contribution < -0.4 is 4.90 Å². The van der Waals surface area contributed by atoms with E-state index in [9.17, 15) is 9.59 Å². The van der Waals surface area contributed by atoms with E-state index in [1.165, 1.54) is 4.90 Å². The average Bonchev–Trinajstić information content (AvgIpc) is 3.25. The topological polar surface area (TPSA) is 40.6 Å². The summed E-state index contributed by atoms with van der Waals surface area (Å²) in [5.41, 5.74) is 5.67. The average molecular weight is 360 g/mol. The van der Waals surface area contributed by atoms with Gasteiger partial charge < -0.3 is 4.90 Å². The molecule has 0 saturated carbocycles. The Bertz CT molecular complexity index is 951. The Balaban J connectivity index is 1.86. The number of amides is 2. The number of benzene rings is 2. The minimum Gasteiger partial charge on any atom is -0.366 e. The van der Waals surface area contributed by atoms with E-state index in [2.05, 4.69) is 4.90 Å². The fourth-order valence-corrected chi connectivity index (χ4v) is 3.91. The van der Waals surface area contributed by atoms with Crippen LogP contribution in [-0.4, -0.2) is 29.8 Å². The molecule has 2 amide bonds. The molecule has 27 heavy (non-hydrogen) atoms. The molecule has 4 nitrogen and oxygen atoms in total. The lowest BCUT2D eigenvalue weighted by atomic mass is 10.0. The van der Waals surface area contributed by atoms with Gasteiger partial charge in [0.05, 0.1) is 11.3 Å². The highest BCUT2D eigenvalue weighted by atomic mass is 16.2. The summed E-state index contributed by atoms with van der Waals surface area (Å²) in [5, 5.41) is 0. The predicted molar refractivity (Wildman–Crippen MR) is 107 cm³/mol. The normalized spacial score (nSPS) is 17.4. The summed E-state index contributed by atoms with van der Waals surface area (Å²) in [6, 6.07) is 13.7. The van der Waals surface area contributed by atoms with E-state index in [1.807, 2.05) is 63.2 Å². The maximum absolute atomic E-state index is 13.5. The van der Waals surface area contributed by atoms with E-state index in [0.29, 0.717) is 17.0 Å². The third kappa shape index (κ3) is 2.95. The van der Waals surface area contributed by atoms with Crippen molar-refractivity contribution in [1.82, 2.24) is 4.90 Å². The summed E-state index contributed by atoms with van der Waals surface area (Å²) in [7, 11) is 0. The van der Waals surface area contributed by atoms with Crippen molar-refractivity contribution in [1.29, 1.82) is 0 Å². The molecule has 2 aromatic carbocycles. The van der Waals surface area contributed by atoms with Gasteiger partial charge >= 0.3 is 0 Å². The molecule has 0 N–H and O–H groups in total. The van der Waals surface area contributed by atoms with Gasteiger partial charge in [0.2, 0.25) is 0 Å². The highest BCUT2D eigenvalue weighted by Crippen LogP contribution is 2.37. The number of hydrogen-bond donors (Lipinski definition) is 0. The molecule has 2 aromatic rings. The van der Waals surface area contributed by atoms with E-state index < -0.39 is 0 Å². The quantitative estimate of drug-likeness (QED) is 0.777. The van der Waals surface area contributed by atoms with Crippen molar-refractivity contribution in [2.24, 2.45) is 0 Å². The van der Waals surface area contributed by atoms with Crippen LogP contribution in [0.3, 0.4) is 0 Å². The Labute approximate surface area is 160 Å². The van der Waals surface area contributed by atoms with Crippen LogP contribution in [0.15, 0.2) is 48.2 Å². The number of carbonyl (C=O) groups is 2. The zero-order chi connectivity index (χ0) is 19.1. The van der Waals surface area contributed by atoms with Gasteiger partial charge in [-0.3, -0.25) is 9.59 Å². The van der Waals surface area contributed by atoms with Gasteiger partial charge in [0.15, 0.2) is 0 Å². The zero-order valence-electron chi connectivity index (χ0n) is 16.1. The van der Waals surface area contributed by atoms with Gasteiger partial charge in [0, 0.05) is 13.1 Å². The molecule has 2 heterocycles. The maximum Gasteiger partial charge on any atom is 0.282 e. The highest BCUT2D eigenvalue weighted by Gasteiger charge is 2.43. The van der Waals surface area contributed by atoms with Crippen LogP contribution in [-0.2, 0) is 9.59 Å². The standard InChI is InChI=1S/C23H24N2O2/c1-15-7-10-18(11-8-15)20-21(24-12-4-5-13-24)23(27)25(22(20)26)19-14-16(2)6-9-17(19)3/h6-11,14H,4-5,12-13H2,1-3H3. The number of carbonyl (C=O) groups excluding carboxylic acids is 2. The lowest BCUT2D eigenvalue weighted by Crippen LogP contribution is -2.35. The van der Waals surface area contributed by atoms with E-state index >= 15 is 0 Å². The van der Waals surface area contributed by atoms with Crippen LogP contribution in [0.2, 0.25) is 0 Å². The Hall–Kier alpha value is -2.88. The number of rotatable bonds is 3. The first-order chi connectivity index (χ1) is 13.0. The van der Waals surface area contributed by atoms with E-state index in [0.717, 1.165) is 48.2 Å². The molecule has 0 radical (unpaired) electrons. The Morgan fingerprint density at radius 3 is 2.07 bits per heavy atom. The van der Waals surface area contributed by atoms with Gasteiger partial charge in [0.25, 0.3) is 11.8 Å². The molecule has 0 aliphatic carbocycles. The lowest BCUT2D eigenvalue weighted by Gasteiger charge is -2.21. The second kappa shape index (κ2) is 6.69. The number of hydrogen-bond acceptors (Lipinski definition) is 3. The van der Waals surface area contributed by atoms with E-state index in [-0.39, 0.29) is 11.8 Å². The van der Waals surface area contributed by atoms with Gasteiger partial charge in [-0.1, -0.05) is 42.0 Å². The van der Waals surface area contributed by atoms with E-state index in [1.54, 1.807) is 0 Å². The van der Waals surface area contributed by atoms with Crippen LogP contribution in [0.1, 0.15) is 35.1 Å².